The molecule has 2 N–H and O–H groups in total. The van der Waals surface area contributed by atoms with Gasteiger partial charge in [-0.05, 0) is 31.5 Å². The minimum absolute atomic E-state index is 0.0525. The van der Waals surface area contributed by atoms with E-state index in [1.807, 2.05) is 0 Å². The number of carbonyl (C=O) groups is 3. The molecule has 29 heavy (non-hydrogen) atoms. The molecule has 1 aromatic rings. The van der Waals surface area contributed by atoms with E-state index >= 15 is 0 Å². The maximum atomic E-state index is 12.9. The third-order valence-corrected chi connectivity index (χ3v) is 6.30. The Balaban J connectivity index is 2.34. The van der Waals surface area contributed by atoms with Crippen molar-refractivity contribution >= 4 is 52.8 Å². The Morgan fingerprint density at radius 3 is 2.52 bits per heavy atom. The lowest BCUT2D eigenvalue weighted by Crippen LogP contribution is -2.40. The van der Waals surface area contributed by atoms with Gasteiger partial charge in [0.25, 0.3) is 0 Å². The molecule has 154 valence electrons. The molecule has 1 amide bonds. The molecule has 2 unspecified atom stereocenters. The predicted octanol–water partition coefficient (Wildman–Crippen LogP) is 3.17. The minimum atomic E-state index is -0.983. The van der Waals surface area contributed by atoms with Gasteiger partial charge in [-0.2, -0.15) is 0 Å². The predicted molar refractivity (Wildman–Crippen MR) is 110 cm³/mol. The van der Waals surface area contributed by atoms with Crippen LogP contribution >= 0.6 is 35.0 Å². The van der Waals surface area contributed by atoms with E-state index in [0.717, 1.165) is 0 Å². The van der Waals surface area contributed by atoms with Gasteiger partial charge in [-0.25, -0.2) is 9.59 Å². The third kappa shape index (κ3) is 3.60. The fraction of sp³-hybridized carbons (Fsp3) is 0.316. The molecular formula is C19H18Cl2N2O5S. The minimum Gasteiger partial charge on any atom is -0.466 e. The number of hydrogen-bond donors (Lipinski definition) is 1. The normalized spacial score (nSPS) is 21.4. The van der Waals surface area contributed by atoms with Gasteiger partial charge in [0.05, 0.1) is 41.1 Å². The summed E-state index contributed by atoms with van der Waals surface area (Å²) in [6, 6.07) is 4.69. The summed E-state index contributed by atoms with van der Waals surface area (Å²) in [7, 11) is 1.22. The number of thioether (sulfide) groups is 1. The van der Waals surface area contributed by atoms with E-state index in [2.05, 4.69) is 0 Å². The van der Waals surface area contributed by atoms with Crippen LogP contribution in [-0.2, 0) is 23.9 Å². The van der Waals surface area contributed by atoms with Crippen LogP contribution in [0.4, 0.5) is 0 Å². The van der Waals surface area contributed by atoms with Crippen LogP contribution in [0.5, 0.6) is 0 Å². The van der Waals surface area contributed by atoms with Crippen molar-refractivity contribution in [2.24, 2.45) is 5.73 Å². The average molecular weight is 457 g/mol. The largest absolute Gasteiger partial charge is 0.466 e. The lowest BCUT2D eigenvalue weighted by Gasteiger charge is -2.33. The van der Waals surface area contributed by atoms with E-state index in [1.165, 1.54) is 29.8 Å². The summed E-state index contributed by atoms with van der Waals surface area (Å²) in [5.41, 5.74) is 6.74. The Morgan fingerprint density at radius 2 is 1.93 bits per heavy atom. The van der Waals surface area contributed by atoms with Gasteiger partial charge in [0.15, 0.2) is 0 Å². The second-order valence-electron chi connectivity index (χ2n) is 6.26. The number of fused-ring (bicyclic) bond motifs is 1. The van der Waals surface area contributed by atoms with Crippen molar-refractivity contribution in [3.05, 3.63) is 55.8 Å². The number of carbonyl (C=O) groups excluding carboxylic acids is 3. The van der Waals surface area contributed by atoms with E-state index in [4.69, 9.17) is 38.4 Å². The van der Waals surface area contributed by atoms with E-state index in [0.29, 0.717) is 15.6 Å². The first-order chi connectivity index (χ1) is 13.7. The molecule has 0 aromatic heterocycles. The topological polar surface area (TPSA) is 98.9 Å². The number of nitrogens with two attached hydrogens (primary N) is 1. The summed E-state index contributed by atoms with van der Waals surface area (Å²) < 4.78 is 10.1. The molecule has 7 nitrogen and oxygen atoms in total. The van der Waals surface area contributed by atoms with Gasteiger partial charge in [-0.15, -0.1) is 0 Å². The number of esters is 2. The Kier molecular flexibility index (Phi) is 6.16. The zero-order valence-electron chi connectivity index (χ0n) is 15.8. The van der Waals surface area contributed by atoms with Crippen LogP contribution in [0.2, 0.25) is 10.0 Å². The molecule has 0 aliphatic carbocycles. The summed E-state index contributed by atoms with van der Waals surface area (Å²) >= 11 is 13.6. The quantitative estimate of drug-likeness (QED) is 0.694. The van der Waals surface area contributed by atoms with Crippen molar-refractivity contribution in [1.29, 1.82) is 0 Å². The first-order valence-corrected chi connectivity index (χ1v) is 10.3. The SMILES string of the molecule is CCOC(=O)C1=C(N)N2C(=O)C(C)SC2=C(C(=O)OC)C1c1ccc(Cl)cc1Cl. The number of hydrogen-bond acceptors (Lipinski definition) is 7. The smallest absolute Gasteiger partial charge is 0.338 e. The monoisotopic (exact) mass is 456 g/mol. The lowest BCUT2D eigenvalue weighted by atomic mass is 9.82. The summed E-state index contributed by atoms with van der Waals surface area (Å²) in [5.74, 6) is -2.87. The van der Waals surface area contributed by atoms with Crippen molar-refractivity contribution in [1.82, 2.24) is 4.90 Å². The van der Waals surface area contributed by atoms with Crippen LogP contribution in [0.25, 0.3) is 0 Å². The van der Waals surface area contributed by atoms with Gasteiger partial charge in [0, 0.05) is 10.0 Å². The first-order valence-electron chi connectivity index (χ1n) is 8.67. The number of benzene rings is 1. The molecule has 2 heterocycles. The van der Waals surface area contributed by atoms with Crippen LogP contribution < -0.4 is 5.73 Å². The maximum Gasteiger partial charge on any atom is 0.338 e. The van der Waals surface area contributed by atoms with Crippen molar-refractivity contribution < 1.29 is 23.9 Å². The van der Waals surface area contributed by atoms with Crippen LogP contribution in [-0.4, -0.2) is 41.7 Å². The molecule has 0 bridgehead atoms. The molecule has 1 saturated heterocycles. The zero-order chi connectivity index (χ0) is 21.5. The molecule has 10 heteroatoms. The molecule has 3 rings (SSSR count). The number of amides is 1. The Labute approximate surface area is 181 Å². The summed E-state index contributed by atoms with van der Waals surface area (Å²) in [6.45, 7) is 3.41. The number of nitrogens with zero attached hydrogens (tertiary/aromatic N) is 1. The van der Waals surface area contributed by atoms with Crippen LogP contribution in [0, 0.1) is 0 Å². The summed E-state index contributed by atoms with van der Waals surface area (Å²) in [4.78, 5) is 39.5. The van der Waals surface area contributed by atoms with Crippen molar-refractivity contribution in [3.8, 4) is 0 Å². The van der Waals surface area contributed by atoms with E-state index in [1.54, 1.807) is 26.0 Å². The number of halogens is 2. The number of rotatable bonds is 4. The highest BCUT2D eigenvalue weighted by Gasteiger charge is 2.49. The van der Waals surface area contributed by atoms with E-state index in [-0.39, 0.29) is 34.5 Å². The van der Waals surface area contributed by atoms with E-state index < -0.39 is 23.1 Å². The molecule has 0 spiro atoms. The molecule has 0 radical (unpaired) electrons. The average Bonchev–Trinajstić information content (AvgIpc) is 2.96. The second-order valence-corrected chi connectivity index (χ2v) is 8.44. The fourth-order valence-electron chi connectivity index (χ4n) is 3.29. The summed E-state index contributed by atoms with van der Waals surface area (Å²) in [6.07, 6.45) is 0. The molecule has 2 atom stereocenters. The van der Waals surface area contributed by atoms with Gasteiger partial charge in [0.2, 0.25) is 5.91 Å². The third-order valence-electron chi connectivity index (χ3n) is 4.56. The van der Waals surface area contributed by atoms with Gasteiger partial charge >= 0.3 is 11.9 Å². The Bertz CT molecular complexity index is 975. The van der Waals surface area contributed by atoms with Crippen molar-refractivity contribution in [2.75, 3.05) is 13.7 Å². The number of ether oxygens (including phenoxy) is 2. The number of methoxy groups -OCH3 is 1. The van der Waals surface area contributed by atoms with Crippen molar-refractivity contribution in [2.45, 2.75) is 25.0 Å². The Morgan fingerprint density at radius 1 is 1.24 bits per heavy atom. The highest BCUT2D eigenvalue weighted by Crippen LogP contribution is 2.50. The van der Waals surface area contributed by atoms with Crippen LogP contribution in [0.15, 0.2) is 40.2 Å². The van der Waals surface area contributed by atoms with Gasteiger partial charge in [-0.1, -0.05) is 41.0 Å². The highest BCUT2D eigenvalue weighted by molar-refractivity contribution is 8.04. The summed E-state index contributed by atoms with van der Waals surface area (Å²) in [5, 5.41) is 0.439. The Hall–Kier alpha value is -2.16. The molecule has 2 aliphatic heterocycles. The van der Waals surface area contributed by atoms with Crippen LogP contribution in [0.1, 0.15) is 25.3 Å². The molecular weight excluding hydrogens is 439 g/mol. The molecule has 1 fully saturated rings. The van der Waals surface area contributed by atoms with Gasteiger partial charge in [0.1, 0.15) is 5.82 Å². The second kappa shape index (κ2) is 8.30. The standard InChI is InChI=1S/C19H18Cl2N2O5S/c1-4-28-19(26)13-12(10-6-5-9(20)7-11(10)21)14(18(25)27-3)17-23(15(13)22)16(24)8(2)29-17/h5-8,12H,4,22H2,1-3H3. The van der Waals surface area contributed by atoms with E-state index in [9.17, 15) is 14.4 Å². The maximum absolute atomic E-state index is 12.9. The molecule has 2 aliphatic rings. The first kappa shape index (κ1) is 21.5. The van der Waals surface area contributed by atoms with Gasteiger partial charge in [-0.3, -0.25) is 9.69 Å². The molecule has 0 saturated carbocycles. The zero-order valence-corrected chi connectivity index (χ0v) is 18.2. The molecule has 1 aromatic carbocycles. The highest BCUT2D eigenvalue weighted by atomic mass is 35.5. The van der Waals surface area contributed by atoms with Gasteiger partial charge < -0.3 is 15.2 Å². The van der Waals surface area contributed by atoms with Crippen molar-refractivity contribution in [3.63, 3.8) is 0 Å². The lowest BCUT2D eigenvalue weighted by molar-refractivity contribution is -0.139. The fourth-order valence-corrected chi connectivity index (χ4v) is 4.97. The van der Waals surface area contributed by atoms with Crippen LogP contribution in [0.3, 0.4) is 0 Å².